The van der Waals surface area contributed by atoms with E-state index in [-0.39, 0.29) is 11.6 Å². The van der Waals surface area contributed by atoms with Crippen LogP contribution in [-0.2, 0) is 0 Å². The second kappa shape index (κ2) is 7.53. The van der Waals surface area contributed by atoms with Crippen molar-refractivity contribution in [1.82, 2.24) is 4.98 Å². The second-order valence-electron chi connectivity index (χ2n) is 7.22. The molecule has 1 nitrogen and oxygen atoms in total. The van der Waals surface area contributed by atoms with E-state index in [1.165, 1.54) is 24.3 Å². The van der Waals surface area contributed by atoms with E-state index < -0.39 is 0 Å². The second-order valence-corrected chi connectivity index (χ2v) is 7.22. The molecule has 1 aromatic heterocycles. The molecule has 0 radical (unpaired) electrons. The van der Waals surface area contributed by atoms with Crippen molar-refractivity contribution in [1.29, 1.82) is 0 Å². The molecule has 5 rings (SSSR count). The Balaban J connectivity index is 1.45. The van der Waals surface area contributed by atoms with Gasteiger partial charge in [0.2, 0.25) is 0 Å². The van der Waals surface area contributed by atoms with Crippen LogP contribution in [-0.4, -0.2) is 4.98 Å². The van der Waals surface area contributed by atoms with Gasteiger partial charge >= 0.3 is 0 Å². The number of halogens is 2. The smallest absolute Gasteiger partial charge is 0.123 e. The van der Waals surface area contributed by atoms with Gasteiger partial charge in [0.05, 0.1) is 5.52 Å². The topological polar surface area (TPSA) is 12.9 Å². The molecule has 5 aromatic rings. The van der Waals surface area contributed by atoms with Gasteiger partial charge in [-0.3, -0.25) is 4.98 Å². The van der Waals surface area contributed by atoms with Crippen molar-refractivity contribution in [3.05, 3.63) is 115 Å². The molecule has 4 aromatic carbocycles. The van der Waals surface area contributed by atoms with Crippen LogP contribution in [0.15, 0.2) is 103 Å². The van der Waals surface area contributed by atoms with Gasteiger partial charge < -0.3 is 0 Å². The molecular weight excluding hydrogens is 376 g/mol. The number of hydrogen-bond acceptors (Lipinski definition) is 1. The fraction of sp³-hybridized carbons (Fsp3) is 0. The van der Waals surface area contributed by atoms with Crippen LogP contribution in [0.25, 0.3) is 44.3 Å². The summed E-state index contributed by atoms with van der Waals surface area (Å²) in [6.45, 7) is 0. The van der Waals surface area contributed by atoms with Gasteiger partial charge in [-0.2, -0.15) is 0 Å². The predicted octanol–water partition coefficient (Wildman–Crippen LogP) is 7.51. The van der Waals surface area contributed by atoms with Gasteiger partial charge in [0.15, 0.2) is 0 Å². The van der Waals surface area contributed by atoms with Crippen molar-refractivity contribution in [3.8, 4) is 33.4 Å². The highest BCUT2D eigenvalue weighted by molar-refractivity contribution is 5.87. The zero-order valence-electron chi connectivity index (χ0n) is 16.0. The predicted molar refractivity (Wildman–Crippen MR) is 118 cm³/mol. The lowest BCUT2D eigenvalue weighted by atomic mass is 9.99. The highest BCUT2D eigenvalue weighted by Crippen LogP contribution is 2.29. The van der Waals surface area contributed by atoms with Crippen molar-refractivity contribution >= 4 is 10.9 Å². The van der Waals surface area contributed by atoms with Gasteiger partial charge in [0.25, 0.3) is 0 Å². The zero-order chi connectivity index (χ0) is 20.5. The van der Waals surface area contributed by atoms with Crippen LogP contribution in [0.3, 0.4) is 0 Å². The monoisotopic (exact) mass is 393 g/mol. The van der Waals surface area contributed by atoms with Crippen LogP contribution in [0.1, 0.15) is 0 Å². The highest BCUT2D eigenvalue weighted by Gasteiger charge is 2.05. The van der Waals surface area contributed by atoms with Gasteiger partial charge in [-0.1, -0.05) is 60.7 Å². The number of rotatable bonds is 3. The van der Waals surface area contributed by atoms with Crippen molar-refractivity contribution in [3.63, 3.8) is 0 Å². The highest BCUT2D eigenvalue weighted by atomic mass is 19.1. The van der Waals surface area contributed by atoms with Crippen molar-refractivity contribution in [2.45, 2.75) is 0 Å². The molecule has 3 heteroatoms. The van der Waals surface area contributed by atoms with Crippen LogP contribution < -0.4 is 0 Å². The molecule has 0 N–H and O–H groups in total. The Labute approximate surface area is 173 Å². The largest absolute Gasteiger partial charge is 0.256 e. The van der Waals surface area contributed by atoms with Crippen LogP contribution >= 0.6 is 0 Å². The number of nitrogens with zero attached hydrogens (tertiary/aromatic N) is 1. The Morgan fingerprint density at radius 2 is 0.867 bits per heavy atom. The Kier molecular flexibility index (Phi) is 4.56. The van der Waals surface area contributed by atoms with E-state index in [0.717, 1.165) is 44.3 Å². The minimum Gasteiger partial charge on any atom is -0.256 e. The Bertz CT molecular complexity index is 1320. The third-order valence-electron chi connectivity index (χ3n) is 5.26. The van der Waals surface area contributed by atoms with Crippen LogP contribution in [0.4, 0.5) is 8.78 Å². The summed E-state index contributed by atoms with van der Waals surface area (Å²) >= 11 is 0. The van der Waals surface area contributed by atoms with E-state index in [9.17, 15) is 8.78 Å². The summed E-state index contributed by atoms with van der Waals surface area (Å²) in [4.78, 5) is 4.64. The lowest BCUT2D eigenvalue weighted by molar-refractivity contribution is 0.627. The first-order valence-corrected chi connectivity index (χ1v) is 9.68. The Hall–Kier alpha value is -3.85. The maximum absolute atomic E-state index is 13.2. The number of fused-ring (bicyclic) bond motifs is 1. The summed E-state index contributed by atoms with van der Waals surface area (Å²) in [5.41, 5.74) is 6.97. The first-order chi connectivity index (χ1) is 14.7. The molecule has 0 spiro atoms. The average Bonchev–Trinajstić information content (AvgIpc) is 2.79. The van der Waals surface area contributed by atoms with Gasteiger partial charge in [-0.25, -0.2) is 8.78 Å². The third-order valence-corrected chi connectivity index (χ3v) is 5.26. The summed E-state index contributed by atoms with van der Waals surface area (Å²) in [6, 6.07) is 29.3. The quantitative estimate of drug-likeness (QED) is 0.309. The Morgan fingerprint density at radius 3 is 1.43 bits per heavy atom. The van der Waals surface area contributed by atoms with Crippen molar-refractivity contribution in [2.24, 2.45) is 0 Å². The standard InChI is InChI=1S/C27H17F2N/c28-25-11-7-19(8-12-25)18-1-3-21(4-2-18)24-15-23-6-5-22(16-27(23)30-17-24)20-9-13-26(29)14-10-20/h1-17H. The van der Waals surface area contributed by atoms with E-state index in [4.69, 9.17) is 0 Å². The summed E-state index contributed by atoms with van der Waals surface area (Å²) in [7, 11) is 0. The fourth-order valence-corrected chi connectivity index (χ4v) is 3.60. The molecule has 30 heavy (non-hydrogen) atoms. The molecule has 0 fully saturated rings. The van der Waals surface area contributed by atoms with Gasteiger partial charge in [0.1, 0.15) is 11.6 Å². The third kappa shape index (κ3) is 3.58. The summed E-state index contributed by atoms with van der Waals surface area (Å²) in [5.74, 6) is -0.479. The molecule has 0 saturated heterocycles. The van der Waals surface area contributed by atoms with E-state index in [1.54, 1.807) is 24.3 Å². The van der Waals surface area contributed by atoms with Crippen LogP contribution in [0.2, 0.25) is 0 Å². The molecule has 0 aliphatic heterocycles. The number of aromatic nitrogens is 1. The van der Waals surface area contributed by atoms with Gasteiger partial charge in [0, 0.05) is 17.1 Å². The maximum Gasteiger partial charge on any atom is 0.123 e. The van der Waals surface area contributed by atoms with Crippen LogP contribution in [0, 0.1) is 11.6 Å². The molecule has 0 atom stereocenters. The maximum atomic E-state index is 13.2. The first kappa shape index (κ1) is 18.2. The van der Waals surface area contributed by atoms with E-state index >= 15 is 0 Å². The zero-order valence-corrected chi connectivity index (χ0v) is 16.0. The number of benzene rings is 4. The van der Waals surface area contributed by atoms with Gasteiger partial charge in [-0.05, 0) is 64.2 Å². The van der Waals surface area contributed by atoms with Gasteiger partial charge in [-0.15, -0.1) is 0 Å². The molecule has 1 heterocycles. The number of hydrogen-bond donors (Lipinski definition) is 0. The van der Waals surface area contributed by atoms with Crippen LogP contribution in [0.5, 0.6) is 0 Å². The average molecular weight is 393 g/mol. The first-order valence-electron chi connectivity index (χ1n) is 9.68. The SMILES string of the molecule is Fc1ccc(-c2ccc(-c3cnc4cc(-c5ccc(F)cc5)ccc4c3)cc2)cc1. The molecule has 0 aliphatic rings. The molecule has 0 amide bonds. The van der Waals surface area contributed by atoms with Crippen molar-refractivity contribution < 1.29 is 8.78 Å². The molecule has 0 bridgehead atoms. The van der Waals surface area contributed by atoms with E-state index in [0.29, 0.717) is 0 Å². The normalized spacial score (nSPS) is 11.0. The lowest BCUT2D eigenvalue weighted by Crippen LogP contribution is -1.86. The summed E-state index contributed by atoms with van der Waals surface area (Å²) in [5, 5.41) is 1.04. The molecular formula is C27H17F2N. The van der Waals surface area contributed by atoms with E-state index in [1.807, 2.05) is 36.5 Å². The van der Waals surface area contributed by atoms with E-state index in [2.05, 4.69) is 23.2 Å². The molecule has 0 unspecified atom stereocenters. The summed E-state index contributed by atoms with van der Waals surface area (Å²) in [6.07, 6.45) is 1.86. The minimum atomic E-state index is -0.243. The fourth-order valence-electron chi connectivity index (χ4n) is 3.60. The molecule has 0 saturated carbocycles. The molecule has 144 valence electrons. The minimum absolute atomic E-state index is 0.236. The Morgan fingerprint density at radius 1 is 0.433 bits per heavy atom. The lowest BCUT2D eigenvalue weighted by Gasteiger charge is -2.08. The summed E-state index contributed by atoms with van der Waals surface area (Å²) < 4.78 is 26.3. The number of pyridine rings is 1. The van der Waals surface area contributed by atoms with Crippen molar-refractivity contribution in [2.75, 3.05) is 0 Å². The molecule has 0 aliphatic carbocycles.